The van der Waals surface area contributed by atoms with Crippen LogP contribution in [0, 0.1) is 5.41 Å². The fourth-order valence-electron chi connectivity index (χ4n) is 4.38. The van der Waals surface area contributed by atoms with Crippen molar-refractivity contribution in [3.63, 3.8) is 0 Å². The molecule has 0 bridgehead atoms. The lowest BCUT2D eigenvalue weighted by atomic mass is 9.87. The number of amides is 3. The molecule has 1 aliphatic heterocycles. The molecule has 1 rings (SSSR count). The van der Waals surface area contributed by atoms with Gasteiger partial charge in [0.2, 0.25) is 0 Å². The third-order valence-corrected chi connectivity index (χ3v) is 6.97. The van der Waals surface area contributed by atoms with Crippen LogP contribution in [0.5, 0.6) is 0 Å². The lowest BCUT2D eigenvalue weighted by Gasteiger charge is -2.24. The van der Waals surface area contributed by atoms with Crippen molar-refractivity contribution in [2.24, 2.45) is 5.41 Å². The number of hydrogen-bond acceptors (Lipinski definition) is 6. The van der Waals surface area contributed by atoms with Crippen LogP contribution in [0.3, 0.4) is 0 Å². The summed E-state index contributed by atoms with van der Waals surface area (Å²) < 4.78 is 0. The molecule has 0 aliphatic carbocycles. The van der Waals surface area contributed by atoms with E-state index in [1.807, 2.05) is 0 Å². The molecule has 0 N–H and O–H groups in total. The van der Waals surface area contributed by atoms with Gasteiger partial charge < -0.3 is 9.68 Å². The second kappa shape index (κ2) is 19.0. The van der Waals surface area contributed by atoms with E-state index < -0.39 is 35.8 Å². The van der Waals surface area contributed by atoms with Crippen molar-refractivity contribution in [2.45, 2.75) is 150 Å². The van der Waals surface area contributed by atoms with Gasteiger partial charge in [0.1, 0.15) is 6.54 Å². The minimum Gasteiger partial charge on any atom is -0.335 e. The summed E-state index contributed by atoms with van der Waals surface area (Å²) >= 11 is 0. The summed E-state index contributed by atoms with van der Waals surface area (Å²) in [6, 6.07) is -0.943. The third-order valence-electron chi connectivity index (χ3n) is 6.97. The number of hydrogen-bond donors (Lipinski definition) is 0. The standard InChI is InChI=1S/C29H52N2O6/c1-5-7-9-11-13-15-16-18-20-22-26(33)36-31-25(32)24-30(28(31)35)37-27(34)29(3,4)23-21-19-17-14-12-10-8-6-2/h5-24H2,1-4H3. The fraction of sp³-hybridized carbons (Fsp3) is 0.862. The van der Waals surface area contributed by atoms with E-state index >= 15 is 0 Å². The molecule has 0 saturated carbocycles. The predicted octanol–water partition coefficient (Wildman–Crippen LogP) is 7.64. The van der Waals surface area contributed by atoms with Gasteiger partial charge in [-0.3, -0.25) is 4.79 Å². The van der Waals surface area contributed by atoms with Crippen LogP contribution in [-0.2, 0) is 24.1 Å². The van der Waals surface area contributed by atoms with Gasteiger partial charge in [-0.1, -0.05) is 122 Å². The van der Waals surface area contributed by atoms with Gasteiger partial charge in [0, 0.05) is 6.42 Å². The zero-order valence-electron chi connectivity index (χ0n) is 24.0. The molecule has 1 aliphatic rings. The van der Waals surface area contributed by atoms with Crippen LogP contribution in [-0.4, -0.2) is 40.5 Å². The van der Waals surface area contributed by atoms with E-state index in [9.17, 15) is 19.2 Å². The Morgan fingerprint density at radius 1 is 0.703 bits per heavy atom. The Labute approximate surface area is 224 Å². The van der Waals surface area contributed by atoms with Crippen LogP contribution in [0.1, 0.15) is 150 Å². The molecule has 0 unspecified atom stereocenters. The quantitative estimate of drug-likeness (QED) is 0.107. The molecule has 1 saturated heterocycles. The Morgan fingerprint density at radius 3 is 1.68 bits per heavy atom. The smallest absolute Gasteiger partial charge is 0.335 e. The van der Waals surface area contributed by atoms with E-state index in [0.29, 0.717) is 23.0 Å². The van der Waals surface area contributed by atoms with Gasteiger partial charge >= 0.3 is 18.0 Å². The fourth-order valence-corrected chi connectivity index (χ4v) is 4.38. The van der Waals surface area contributed by atoms with Gasteiger partial charge in [0.25, 0.3) is 5.91 Å². The average molecular weight is 525 g/mol. The highest BCUT2D eigenvalue weighted by Crippen LogP contribution is 2.27. The van der Waals surface area contributed by atoms with Crippen molar-refractivity contribution in [2.75, 3.05) is 6.54 Å². The summed E-state index contributed by atoms with van der Waals surface area (Å²) in [5.41, 5.74) is -0.786. The van der Waals surface area contributed by atoms with Crippen molar-refractivity contribution in [3.8, 4) is 0 Å². The predicted molar refractivity (Wildman–Crippen MR) is 144 cm³/mol. The monoisotopic (exact) mass is 524 g/mol. The first kappa shape index (κ1) is 32.9. The zero-order chi connectivity index (χ0) is 27.5. The van der Waals surface area contributed by atoms with Crippen molar-refractivity contribution >= 4 is 23.9 Å². The van der Waals surface area contributed by atoms with Crippen LogP contribution < -0.4 is 0 Å². The second-order valence-corrected chi connectivity index (χ2v) is 11.0. The minimum atomic E-state index is -0.943. The molecule has 1 heterocycles. The molecule has 0 radical (unpaired) electrons. The molecule has 3 amide bonds. The molecule has 37 heavy (non-hydrogen) atoms. The Hall–Kier alpha value is -2.12. The summed E-state index contributed by atoms with van der Waals surface area (Å²) in [5.74, 6) is -1.92. The molecule has 8 nitrogen and oxygen atoms in total. The van der Waals surface area contributed by atoms with Crippen LogP contribution in [0.25, 0.3) is 0 Å². The van der Waals surface area contributed by atoms with E-state index in [1.165, 1.54) is 64.2 Å². The van der Waals surface area contributed by atoms with Crippen LogP contribution in [0.4, 0.5) is 4.79 Å². The highest BCUT2D eigenvalue weighted by Gasteiger charge is 2.44. The molecule has 8 heteroatoms. The number of nitrogens with zero attached hydrogens (tertiary/aromatic N) is 2. The first-order chi connectivity index (χ1) is 17.7. The molecule has 0 aromatic heterocycles. The van der Waals surface area contributed by atoms with Crippen molar-refractivity contribution in [1.82, 2.24) is 10.1 Å². The van der Waals surface area contributed by atoms with Crippen molar-refractivity contribution < 1.29 is 28.9 Å². The lowest BCUT2D eigenvalue weighted by Crippen LogP contribution is -2.38. The van der Waals surface area contributed by atoms with Gasteiger partial charge in [-0.25, -0.2) is 14.4 Å². The number of carbonyl (C=O) groups is 4. The average Bonchev–Trinajstić information content (AvgIpc) is 3.11. The summed E-state index contributed by atoms with van der Waals surface area (Å²) in [6.45, 7) is 7.51. The normalized spacial score (nSPS) is 13.9. The number of imide groups is 1. The molecule has 0 aromatic rings. The Balaban J connectivity index is 2.28. The number of urea groups is 1. The molecule has 0 atom stereocenters. The number of unbranched alkanes of at least 4 members (excludes halogenated alkanes) is 15. The van der Waals surface area contributed by atoms with Crippen LogP contribution in [0.2, 0.25) is 0 Å². The molecule has 0 spiro atoms. The first-order valence-corrected chi connectivity index (χ1v) is 14.8. The van der Waals surface area contributed by atoms with Gasteiger partial charge in [-0.2, -0.15) is 0 Å². The summed E-state index contributed by atoms with van der Waals surface area (Å²) in [5, 5.41) is 1.10. The van der Waals surface area contributed by atoms with Crippen molar-refractivity contribution in [1.29, 1.82) is 0 Å². The van der Waals surface area contributed by atoms with Gasteiger partial charge in [-0.15, -0.1) is 5.06 Å². The SMILES string of the molecule is CCCCCCCCCCCC(=O)ON1C(=O)CN(OC(=O)C(C)(C)CCCCCCCCCC)C1=O. The maximum atomic E-state index is 12.7. The van der Waals surface area contributed by atoms with E-state index in [4.69, 9.17) is 9.68 Å². The number of rotatable bonds is 22. The van der Waals surface area contributed by atoms with Gasteiger partial charge in [-0.05, 0) is 26.7 Å². The Morgan fingerprint density at radius 2 is 1.16 bits per heavy atom. The maximum Gasteiger partial charge on any atom is 0.394 e. The largest absolute Gasteiger partial charge is 0.394 e. The van der Waals surface area contributed by atoms with E-state index in [-0.39, 0.29) is 6.42 Å². The Kier molecular flexibility index (Phi) is 16.9. The second-order valence-electron chi connectivity index (χ2n) is 11.0. The molecule has 1 fully saturated rings. The van der Waals surface area contributed by atoms with E-state index in [1.54, 1.807) is 13.8 Å². The van der Waals surface area contributed by atoms with Gasteiger partial charge in [0.15, 0.2) is 0 Å². The van der Waals surface area contributed by atoms with Crippen molar-refractivity contribution in [3.05, 3.63) is 0 Å². The summed E-state index contributed by atoms with van der Waals surface area (Å²) in [7, 11) is 0. The molecule has 214 valence electrons. The van der Waals surface area contributed by atoms with Crippen LogP contribution in [0.15, 0.2) is 0 Å². The summed E-state index contributed by atoms with van der Waals surface area (Å²) in [6.07, 6.45) is 20.2. The highest BCUT2D eigenvalue weighted by atomic mass is 16.8. The molecular formula is C29H52N2O6. The van der Waals surface area contributed by atoms with E-state index in [2.05, 4.69) is 13.8 Å². The maximum absolute atomic E-state index is 12.7. The van der Waals surface area contributed by atoms with Crippen LogP contribution >= 0.6 is 0 Å². The van der Waals surface area contributed by atoms with E-state index in [0.717, 1.165) is 38.5 Å². The van der Waals surface area contributed by atoms with Gasteiger partial charge in [0.05, 0.1) is 5.41 Å². The Bertz CT molecular complexity index is 694. The lowest BCUT2D eigenvalue weighted by molar-refractivity contribution is -0.189. The summed E-state index contributed by atoms with van der Waals surface area (Å²) in [4.78, 5) is 59.8. The topological polar surface area (TPSA) is 93.2 Å². The minimum absolute atomic E-state index is 0.137. The third kappa shape index (κ3) is 13.8. The molecular weight excluding hydrogens is 472 g/mol. The number of hydroxylamine groups is 4. The zero-order valence-corrected chi connectivity index (χ0v) is 24.0. The first-order valence-electron chi connectivity index (χ1n) is 14.8. The molecule has 0 aromatic carbocycles. The highest BCUT2D eigenvalue weighted by molar-refractivity contribution is 6.01. The number of carbonyl (C=O) groups excluding carboxylic acids is 4.